The quantitative estimate of drug-likeness (QED) is 0.485. The molecule has 0 fully saturated rings. The molecule has 0 aliphatic heterocycles. The zero-order valence-electron chi connectivity index (χ0n) is 16.1. The Morgan fingerprint density at radius 3 is 1.61 bits per heavy atom. The summed E-state index contributed by atoms with van der Waals surface area (Å²) in [5.74, 6) is 0. The fourth-order valence-corrected chi connectivity index (χ4v) is 2.05. The molecular weight excluding hydrogens is 276 g/mol. The van der Waals surface area contributed by atoms with Crippen LogP contribution in [0.1, 0.15) is 59.6 Å². The summed E-state index contributed by atoms with van der Waals surface area (Å²) in [6, 6.07) is 8.46. The summed E-state index contributed by atoms with van der Waals surface area (Å²) >= 11 is 0. The normalized spacial score (nSPS) is 11.6. The van der Waals surface area contributed by atoms with Crippen molar-refractivity contribution in [2.75, 3.05) is 0 Å². The maximum absolute atomic E-state index is 3.80. The van der Waals surface area contributed by atoms with Crippen molar-refractivity contribution >= 4 is 11.1 Å². The van der Waals surface area contributed by atoms with Crippen LogP contribution in [0.4, 0.5) is 0 Å². The van der Waals surface area contributed by atoms with Gasteiger partial charge in [-0.05, 0) is 43.0 Å². The molecule has 0 radical (unpaired) electrons. The molecule has 0 aliphatic rings. The van der Waals surface area contributed by atoms with E-state index in [1.54, 1.807) is 0 Å². The highest BCUT2D eigenvalue weighted by molar-refractivity contribution is 5.87. The van der Waals surface area contributed by atoms with Gasteiger partial charge in [-0.3, -0.25) is 0 Å². The Bertz CT molecular complexity index is 537. The molecule has 0 unspecified atom stereocenters. The zero-order chi connectivity index (χ0) is 18.1. The minimum atomic E-state index is 1.18. The molecule has 0 atom stereocenters. The van der Waals surface area contributed by atoms with E-state index in [0.29, 0.717) is 0 Å². The van der Waals surface area contributed by atoms with Crippen molar-refractivity contribution in [3.05, 3.63) is 84.5 Å². The van der Waals surface area contributed by atoms with Crippen LogP contribution in [0.3, 0.4) is 0 Å². The van der Waals surface area contributed by atoms with Gasteiger partial charge >= 0.3 is 0 Å². The minimum Gasteiger partial charge on any atom is -0.0990 e. The van der Waals surface area contributed by atoms with Gasteiger partial charge in [0.1, 0.15) is 0 Å². The molecule has 0 amide bonds. The molecular formula is C23H34. The van der Waals surface area contributed by atoms with Crippen molar-refractivity contribution in [2.24, 2.45) is 0 Å². The first kappa shape index (κ1) is 23.2. The SMILES string of the molecule is C=C/C=C(\C=C/C)c1ccccc1C(/C=C\C)=C/C.CC.CC. The molecule has 0 aliphatic carbocycles. The minimum absolute atomic E-state index is 1.18. The van der Waals surface area contributed by atoms with Crippen molar-refractivity contribution in [1.82, 2.24) is 0 Å². The molecule has 126 valence electrons. The number of allylic oxidation sites excluding steroid dienone is 9. The number of benzene rings is 1. The second-order valence-electron chi connectivity index (χ2n) is 4.15. The van der Waals surface area contributed by atoms with Crippen LogP contribution in [-0.4, -0.2) is 0 Å². The topological polar surface area (TPSA) is 0 Å². The molecule has 0 bridgehead atoms. The van der Waals surface area contributed by atoms with Crippen molar-refractivity contribution < 1.29 is 0 Å². The fourth-order valence-electron chi connectivity index (χ4n) is 2.05. The van der Waals surface area contributed by atoms with Crippen molar-refractivity contribution in [3.8, 4) is 0 Å². The van der Waals surface area contributed by atoms with Gasteiger partial charge in [0, 0.05) is 0 Å². The van der Waals surface area contributed by atoms with E-state index in [1.807, 2.05) is 53.7 Å². The van der Waals surface area contributed by atoms with E-state index in [9.17, 15) is 0 Å². The standard InChI is InChI=1S/C19H22.2C2H6/c1-5-11-16(8-4)18-14-9-10-15-19(18)17(12-6-2)13-7-3;2*1-2/h5-15H,2H2,1,3-4H3;2*1-2H3/b11-5-,13-7-,16-8+,17-12+;;. The predicted octanol–water partition coefficient (Wildman–Crippen LogP) is 7.86. The van der Waals surface area contributed by atoms with Crippen molar-refractivity contribution in [3.63, 3.8) is 0 Å². The molecule has 0 saturated carbocycles. The van der Waals surface area contributed by atoms with Crippen LogP contribution in [0.15, 0.2) is 73.4 Å². The van der Waals surface area contributed by atoms with E-state index in [2.05, 4.69) is 68.1 Å². The van der Waals surface area contributed by atoms with E-state index in [-0.39, 0.29) is 0 Å². The maximum atomic E-state index is 3.80. The van der Waals surface area contributed by atoms with Gasteiger partial charge in [-0.2, -0.15) is 0 Å². The third-order valence-corrected chi connectivity index (χ3v) is 2.85. The lowest BCUT2D eigenvalue weighted by molar-refractivity contribution is 1.50. The third-order valence-electron chi connectivity index (χ3n) is 2.85. The molecule has 0 aromatic heterocycles. The Morgan fingerprint density at radius 2 is 1.22 bits per heavy atom. The summed E-state index contributed by atoms with van der Waals surface area (Å²) in [7, 11) is 0. The Hall–Kier alpha value is -2.08. The summed E-state index contributed by atoms with van der Waals surface area (Å²) in [4.78, 5) is 0. The van der Waals surface area contributed by atoms with Gasteiger partial charge in [0.25, 0.3) is 0 Å². The molecule has 1 rings (SSSR count). The third kappa shape index (κ3) is 8.21. The monoisotopic (exact) mass is 310 g/mol. The van der Waals surface area contributed by atoms with E-state index in [0.717, 1.165) is 0 Å². The number of hydrogen-bond acceptors (Lipinski definition) is 0. The van der Waals surface area contributed by atoms with Crippen molar-refractivity contribution in [1.29, 1.82) is 0 Å². The van der Waals surface area contributed by atoms with Gasteiger partial charge < -0.3 is 0 Å². The smallest absolute Gasteiger partial charge is 0.0106 e. The van der Waals surface area contributed by atoms with Gasteiger partial charge in [-0.1, -0.05) is 101 Å². The number of hydrogen-bond donors (Lipinski definition) is 0. The van der Waals surface area contributed by atoms with Gasteiger partial charge in [0.15, 0.2) is 0 Å². The average molecular weight is 311 g/mol. The summed E-state index contributed by atoms with van der Waals surface area (Å²) in [5, 5.41) is 0. The van der Waals surface area contributed by atoms with E-state index < -0.39 is 0 Å². The highest BCUT2D eigenvalue weighted by Gasteiger charge is 2.06. The second kappa shape index (κ2) is 16.3. The van der Waals surface area contributed by atoms with E-state index >= 15 is 0 Å². The largest absolute Gasteiger partial charge is 0.0990 e. The molecule has 0 saturated heterocycles. The van der Waals surface area contributed by atoms with Crippen LogP contribution in [0.2, 0.25) is 0 Å². The lowest BCUT2D eigenvalue weighted by atomic mass is 9.93. The Balaban J connectivity index is 0. The maximum Gasteiger partial charge on any atom is -0.0106 e. The molecule has 0 nitrogen and oxygen atoms in total. The Labute approximate surface area is 144 Å². The van der Waals surface area contributed by atoms with E-state index in [4.69, 9.17) is 0 Å². The second-order valence-corrected chi connectivity index (χ2v) is 4.15. The Morgan fingerprint density at radius 1 is 0.783 bits per heavy atom. The highest BCUT2D eigenvalue weighted by atomic mass is 14.1. The fraction of sp³-hybridized carbons (Fsp3) is 0.304. The first-order chi connectivity index (χ1) is 11.3. The van der Waals surface area contributed by atoms with Gasteiger partial charge in [0.05, 0.1) is 0 Å². The molecule has 1 aromatic carbocycles. The van der Waals surface area contributed by atoms with Crippen LogP contribution in [0, 0.1) is 0 Å². The molecule has 23 heavy (non-hydrogen) atoms. The summed E-state index contributed by atoms with van der Waals surface area (Å²) in [6.07, 6.45) is 14.4. The van der Waals surface area contributed by atoms with Crippen LogP contribution < -0.4 is 0 Å². The van der Waals surface area contributed by atoms with Crippen LogP contribution >= 0.6 is 0 Å². The number of rotatable bonds is 5. The Kier molecular flexibility index (Phi) is 16.4. The van der Waals surface area contributed by atoms with Crippen LogP contribution in [-0.2, 0) is 0 Å². The zero-order valence-corrected chi connectivity index (χ0v) is 16.1. The first-order valence-corrected chi connectivity index (χ1v) is 8.62. The predicted molar refractivity (Wildman–Crippen MR) is 111 cm³/mol. The summed E-state index contributed by atoms with van der Waals surface area (Å²) in [5.41, 5.74) is 4.88. The molecule has 1 aromatic rings. The van der Waals surface area contributed by atoms with Crippen molar-refractivity contribution in [2.45, 2.75) is 48.5 Å². The van der Waals surface area contributed by atoms with Crippen LogP contribution in [0.25, 0.3) is 11.1 Å². The lowest BCUT2D eigenvalue weighted by Crippen LogP contribution is -1.90. The average Bonchev–Trinajstić information content (AvgIpc) is 2.63. The van der Waals surface area contributed by atoms with Gasteiger partial charge in [-0.25, -0.2) is 0 Å². The molecule has 0 heteroatoms. The first-order valence-electron chi connectivity index (χ1n) is 8.62. The molecule has 0 heterocycles. The molecule has 0 spiro atoms. The molecule has 0 N–H and O–H groups in total. The summed E-state index contributed by atoms with van der Waals surface area (Å²) < 4.78 is 0. The van der Waals surface area contributed by atoms with E-state index in [1.165, 1.54) is 22.3 Å². The summed E-state index contributed by atoms with van der Waals surface area (Å²) in [6.45, 7) is 17.9. The van der Waals surface area contributed by atoms with Gasteiger partial charge in [-0.15, -0.1) is 0 Å². The van der Waals surface area contributed by atoms with Crippen LogP contribution in [0.5, 0.6) is 0 Å². The highest BCUT2D eigenvalue weighted by Crippen LogP contribution is 2.27. The van der Waals surface area contributed by atoms with Gasteiger partial charge in [0.2, 0.25) is 0 Å². The lowest BCUT2D eigenvalue weighted by Gasteiger charge is -2.11.